The lowest BCUT2D eigenvalue weighted by molar-refractivity contribution is -0.119. The molecule has 27 heavy (non-hydrogen) atoms. The Balaban J connectivity index is 1.20. The topological polar surface area (TPSA) is 78.3 Å². The van der Waals surface area contributed by atoms with Crippen LogP contribution < -0.4 is 14.8 Å². The Morgan fingerprint density at radius 1 is 1.26 bits per heavy atom. The van der Waals surface area contributed by atoms with Crippen molar-refractivity contribution in [1.82, 2.24) is 20.1 Å². The second-order valence-corrected chi connectivity index (χ2v) is 8.35. The predicted molar refractivity (Wildman–Crippen MR) is 100 cm³/mol. The number of aromatic nitrogens is 3. The lowest BCUT2D eigenvalue weighted by atomic mass is 10.1. The predicted octanol–water partition coefficient (Wildman–Crippen LogP) is 3.19. The lowest BCUT2D eigenvalue weighted by Crippen LogP contribution is -2.28. The minimum atomic E-state index is -0.101. The molecule has 1 N–H and O–H groups in total. The molecule has 142 valence electrons. The number of rotatable bonds is 7. The number of carbonyl (C=O) groups excluding carboxylic acids is 1. The van der Waals surface area contributed by atoms with Crippen molar-refractivity contribution in [3.63, 3.8) is 0 Å². The fourth-order valence-electron chi connectivity index (χ4n) is 3.36. The van der Waals surface area contributed by atoms with E-state index in [1.807, 2.05) is 25.1 Å². The minimum Gasteiger partial charge on any atom is -0.454 e. The molecule has 2 saturated carbocycles. The van der Waals surface area contributed by atoms with E-state index in [0.717, 1.165) is 28.0 Å². The molecular weight excluding hydrogens is 364 g/mol. The first-order valence-corrected chi connectivity index (χ1v) is 10.4. The molecule has 1 aromatic carbocycles. The third kappa shape index (κ3) is 3.50. The van der Waals surface area contributed by atoms with Crippen LogP contribution in [0, 0.1) is 0 Å². The van der Waals surface area contributed by atoms with Crippen LogP contribution in [-0.4, -0.2) is 33.2 Å². The van der Waals surface area contributed by atoms with E-state index in [9.17, 15) is 4.79 Å². The van der Waals surface area contributed by atoms with Crippen LogP contribution >= 0.6 is 11.8 Å². The molecule has 7 nitrogen and oxygen atoms in total. The smallest absolute Gasteiger partial charge is 0.231 e. The van der Waals surface area contributed by atoms with E-state index in [1.165, 1.54) is 37.4 Å². The van der Waals surface area contributed by atoms with E-state index in [0.29, 0.717) is 17.7 Å². The van der Waals surface area contributed by atoms with E-state index in [2.05, 4.69) is 20.1 Å². The van der Waals surface area contributed by atoms with Gasteiger partial charge >= 0.3 is 0 Å². The lowest BCUT2D eigenvalue weighted by Gasteiger charge is -2.15. The first-order chi connectivity index (χ1) is 13.2. The highest BCUT2D eigenvalue weighted by Crippen LogP contribution is 2.46. The standard InChI is InChI=1S/C19H22N4O3S/c1-11(13-4-7-15-16(8-13)26-10-25-15)20-17(24)9-27-19-22-21-18(12-2-3-12)23(19)14-5-6-14/h4,7-8,11-12,14H,2-3,5-6,9-10H2,1H3,(H,20,24)/t11-/m1/s1. The molecule has 8 heteroatoms. The van der Waals surface area contributed by atoms with Crippen LogP contribution in [0.5, 0.6) is 11.5 Å². The number of carbonyl (C=O) groups is 1. The van der Waals surface area contributed by atoms with Gasteiger partial charge in [-0.1, -0.05) is 17.8 Å². The first kappa shape index (κ1) is 16.9. The second kappa shape index (κ2) is 6.74. The Morgan fingerprint density at radius 2 is 2.07 bits per heavy atom. The minimum absolute atomic E-state index is 0.0107. The van der Waals surface area contributed by atoms with Gasteiger partial charge < -0.3 is 19.4 Å². The summed E-state index contributed by atoms with van der Waals surface area (Å²) in [5, 5.41) is 12.7. The van der Waals surface area contributed by atoms with Crippen molar-refractivity contribution in [2.45, 2.75) is 55.8 Å². The van der Waals surface area contributed by atoms with Gasteiger partial charge in [-0.05, 0) is 50.3 Å². The summed E-state index contributed by atoms with van der Waals surface area (Å²) in [6.07, 6.45) is 4.81. The summed E-state index contributed by atoms with van der Waals surface area (Å²) in [5.74, 6) is 3.50. The number of thioether (sulfide) groups is 1. The molecule has 1 amide bonds. The highest BCUT2D eigenvalue weighted by atomic mass is 32.2. The van der Waals surface area contributed by atoms with Gasteiger partial charge in [-0.25, -0.2) is 0 Å². The van der Waals surface area contributed by atoms with Gasteiger partial charge in [0.2, 0.25) is 12.7 Å². The zero-order chi connectivity index (χ0) is 18.4. The van der Waals surface area contributed by atoms with Crippen molar-refractivity contribution < 1.29 is 14.3 Å². The summed E-state index contributed by atoms with van der Waals surface area (Å²) in [5.41, 5.74) is 0.995. The fourth-order valence-corrected chi connectivity index (χ4v) is 4.19. The van der Waals surface area contributed by atoms with Crippen LogP contribution in [0.15, 0.2) is 23.4 Å². The number of amides is 1. The summed E-state index contributed by atoms with van der Waals surface area (Å²) in [6, 6.07) is 6.19. The molecule has 2 aliphatic carbocycles. The molecular formula is C19H22N4O3S. The van der Waals surface area contributed by atoms with E-state index < -0.39 is 0 Å². The Kier molecular flexibility index (Phi) is 4.22. The SMILES string of the molecule is C[C@@H](NC(=O)CSc1nnc(C2CC2)n1C1CC1)c1ccc2c(c1)OCO2. The highest BCUT2D eigenvalue weighted by molar-refractivity contribution is 7.99. The molecule has 2 aromatic rings. The molecule has 2 fully saturated rings. The van der Waals surface area contributed by atoms with Gasteiger partial charge in [0.1, 0.15) is 5.82 Å². The second-order valence-electron chi connectivity index (χ2n) is 7.41. The van der Waals surface area contributed by atoms with Crippen LogP contribution in [-0.2, 0) is 4.79 Å². The number of hydrogen-bond donors (Lipinski definition) is 1. The number of nitrogens with one attached hydrogen (secondary N) is 1. The number of nitrogens with zero attached hydrogens (tertiary/aromatic N) is 3. The Morgan fingerprint density at radius 3 is 2.85 bits per heavy atom. The summed E-state index contributed by atoms with van der Waals surface area (Å²) < 4.78 is 13.0. The van der Waals surface area contributed by atoms with Gasteiger partial charge in [-0.15, -0.1) is 10.2 Å². The Bertz CT molecular complexity index is 876. The number of benzene rings is 1. The zero-order valence-corrected chi connectivity index (χ0v) is 16.0. The van der Waals surface area contributed by atoms with Crippen LogP contribution in [0.2, 0.25) is 0 Å². The number of ether oxygens (including phenoxy) is 2. The largest absolute Gasteiger partial charge is 0.454 e. The van der Waals surface area contributed by atoms with Gasteiger partial charge in [0.15, 0.2) is 16.7 Å². The zero-order valence-electron chi connectivity index (χ0n) is 15.2. The van der Waals surface area contributed by atoms with Crippen molar-refractivity contribution in [3.8, 4) is 11.5 Å². The average Bonchev–Trinajstić information content (AvgIpc) is 3.60. The first-order valence-electron chi connectivity index (χ1n) is 9.45. The highest BCUT2D eigenvalue weighted by Gasteiger charge is 2.36. The van der Waals surface area contributed by atoms with Crippen molar-refractivity contribution >= 4 is 17.7 Å². The maximum Gasteiger partial charge on any atom is 0.231 e. The van der Waals surface area contributed by atoms with Crippen molar-refractivity contribution in [1.29, 1.82) is 0 Å². The van der Waals surface area contributed by atoms with Crippen molar-refractivity contribution in [2.24, 2.45) is 0 Å². The molecule has 0 unspecified atom stereocenters. The molecule has 0 saturated heterocycles. The Hall–Kier alpha value is -2.22. The van der Waals surface area contributed by atoms with Crippen molar-refractivity contribution in [2.75, 3.05) is 12.5 Å². The number of fused-ring (bicyclic) bond motifs is 1. The normalized spacial score (nSPS) is 19.1. The van der Waals surface area contributed by atoms with Gasteiger partial charge in [-0.2, -0.15) is 0 Å². The fraction of sp³-hybridized carbons (Fsp3) is 0.526. The third-order valence-electron chi connectivity index (χ3n) is 5.15. The third-order valence-corrected chi connectivity index (χ3v) is 6.09. The average molecular weight is 386 g/mol. The van der Waals surface area contributed by atoms with Crippen molar-refractivity contribution in [3.05, 3.63) is 29.6 Å². The molecule has 5 rings (SSSR count). The van der Waals surface area contributed by atoms with E-state index in [1.54, 1.807) is 0 Å². The molecule has 0 spiro atoms. The molecule has 0 radical (unpaired) electrons. The molecule has 0 bridgehead atoms. The summed E-state index contributed by atoms with van der Waals surface area (Å²) in [7, 11) is 0. The monoisotopic (exact) mass is 386 g/mol. The molecule has 2 heterocycles. The van der Waals surface area contributed by atoms with Gasteiger partial charge in [0.25, 0.3) is 0 Å². The van der Waals surface area contributed by atoms with Gasteiger partial charge in [0, 0.05) is 12.0 Å². The number of hydrogen-bond acceptors (Lipinski definition) is 6. The van der Waals surface area contributed by atoms with E-state index in [4.69, 9.17) is 9.47 Å². The van der Waals surface area contributed by atoms with E-state index >= 15 is 0 Å². The maximum absolute atomic E-state index is 12.4. The summed E-state index contributed by atoms with van der Waals surface area (Å²) >= 11 is 1.48. The molecule has 1 atom stereocenters. The Labute approximate surface area is 161 Å². The van der Waals surface area contributed by atoms with Gasteiger partial charge in [0.05, 0.1) is 11.8 Å². The van der Waals surface area contributed by atoms with Crippen LogP contribution in [0.3, 0.4) is 0 Å². The molecule has 3 aliphatic rings. The summed E-state index contributed by atoms with van der Waals surface area (Å²) in [6.45, 7) is 2.22. The molecule has 1 aliphatic heterocycles. The molecule has 1 aromatic heterocycles. The van der Waals surface area contributed by atoms with Crippen LogP contribution in [0.4, 0.5) is 0 Å². The van der Waals surface area contributed by atoms with Crippen LogP contribution in [0.25, 0.3) is 0 Å². The van der Waals surface area contributed by atoms with Crippen LogP contribution in [0.1, 0.15) is 62.0 Å². The summed E-state index contributed by atoms with van der Waals surface area (Å²) in [4.78, 5) is 12.4. The van der Waals surface area contributed by atoms with E-state index in [-0.39, 0.29) is 18.7 Å². The quantitative estimate of drug-likeness (QED) is 0.737. The maximum atomic E-state index is 12.4. The van der Waals surface area contributed by atoms with Gasteiger partial charge in [-0.3, -0.25) is 4.79 Å².